The first-order valence-corrected chi connectivity index (χ1v) is 6.72. The van der Waals surface area contributed by atoms with Crippen molar-refractivity contribution in [3.8, 4) is 0 Å². The third-order valence-electron chi connectivity index (χ3n) is 3.20. The summed E-state index contributed by atoms with van der Waals surface area (Å²) in [7, 11) is 1.76. The van der Waals surface area contributed by atoms with Gasteiger partial charge in [-0.25, -0.2) is 0 Å². The second-order valence-electron chi connectivity index (χ2n) is 4.83. The van der Waals surface area contributed by atoms with Gasteiger partial charge in [0.2, 0.25) is 0 Å². The Morgan fingerprint density at radius 1 is 1.25 bits per heavy atom. The van der Waals surface area contributed by atoms with E-state index in [0.717, 1.165) is 11.1 Å². The monoisotopic (exact) mass is 288 g/mol. The molecule has 0 aliphatic carbocycles. The summed E-state index contributed by atoms with van der Waals surface area (Å²) in [6.07, 6.45) is 0. The number of nitrogens with zero attached hydrogens (tertiary/aromatic N) is 1. The van der Waals surface area contributed by atoms with Crippen molar-refractivity contribution in [3.05, 3.63) is 64.2 Å². The zero-order valence-corrected chi connectivity index (χ0v) is 12.3. The van der Waals surface area contributed by atoms with Crippen LogP contribution in [-0.4, -0.2) is 17.9 Å². The number of aryl methyl sites for hydroxylation is 1. The van der Waals surface area contributed by atoms with Crippen molar-refractivity contribution in [1.29, 1.82) is 0 Å². The van der Waals surface area contributed by atoms with Crippen molar-refractivity contribution in [3.63, 3.8) is 0 Å². The van der Waals surface area contributed by atoms with Crippen LogP contribution in [0.15, 0.2) is 42.5 Å². The number of nitrogen functional groups attached to an aromatic ring is 1. The fourth-order valence-electron chi connectivity index (χ4n) is 2.06. The predicted octanol–water partition coefficient (Wildman–Crippen LogP) is 3.50. The van der Waals surface area contributed by atoms with Crippen LogP contribution in [0.5, 0.6) is 0 Å². The molecular weight excluding hydrogens is 272 g/mol. The quantitative estimate of drug-likeness (QED) is 0.879. The van der Waals surface area contributed by atoms with Crippen LogP contribution >= 0.6 is 11.6 Å². The van der Waals surface area contributed by atoms with E-state index in [1.165, 1.54) is 0 Å². The van der Waals surface area contributed by atoms with E-state index in [1.807, 2.05) is 31.2 Å². The number of carbonyl (C=O) groups is 1. The normalized spacial score (nSPS) is 10.3. The minimum Gasteiger partial charge on any atom is -0.399 e. The van der Waals surface area contributed by atoms with Gasteiger partial charge in [-0.1, -0.05) is 29.8 Å². The van der Waals surface area contributed by atoms with Gasteiger partial charge in [-0.3, -0.25) is 4.79 Å². The molecule has 0 saturated carbocycles. The molecular formula is C16H17ClN2O. The first-order chi connectivity index (χ1) is 9.49. The molecule has 0 unspecified atom stereocenters. The zero-order chi connectivity index (χ0) is 14.7. The predicted molar refractivity (Wildman–Crippen MR) is 82.8 cm³/mol. The number of nitrogens with two attached hydrogens (primary N) is 1. The zero-order valence-electron chi connectivity index (χ0n) is 11.6. The minimum absolute atomic E-state index is 0.0263. The molecule has 0 fully saturated rings. The Hall–Kier alpha value is -2.00. The SMILES string of the molecule is Cc1ccccc1C(=O)N(C)Cc1cc(N)ccc1Cl. The molecule has 0 saturated heterocycles. The van der Waals surface area contributed by atoms with Gasteiger partial charge in [-0.2, -0.15) is 0 Å². The van der Waals surface area contributed by atoms with Crippen LogP contribution in [0.4, 0.5) is 5.69 Å². The molecule has 2 aromatic rings. The molecule has 20 heavy (non-hydrogen) atoms. The van der Waals surface area contributed by atoms with Gasteiger partial charge in [0.05, 0.1) is 0 Å². The Morgan fingerprint density at radius 2 is 1.95 bits per heavy atom. The van der Waals surface area contributed by atoms with Gasteiger partial charge in [0.1, 0.15) is 0 Å². The largest absolute Gasteiger partial charge is 0.399 e. The lowest BCUT2D eigenvalue weighted by atomic mass is 10.1. The van der Waals surface area contributed by atoms with E-state index in [0.29, 0.717) is 22.8 Å². The van der Waals surface area contributed by atoms with Gasteiger partial charge >= 0.3 is 0 Å². The lowest BCUT2D eigenvalue weighted by Gasteiger charge is -2.19. The maximum atomic E-state index is 12.4. The molecule has 0 bridgehead atoms. The number of hydrogen-bond acceptors (Lipinski definition) is 2. The summed E-state index contributed by atoms with van der Waals surface area (Å²) in [5.41, 5.74) is 8.90. The Labute approximate surface area is 124 Å². The summed E-state index contributed by atoms with van der Waals surface area (Å²) >= 11 is 6.13. The van der Waals surface area contributed by atoms with Crippen molar-refractivity contribution >= 4 is 23.2 Å². The molecule has 0 aliphatic rings. The lowest BCUT2D eigenvalue weighted by Crippen LogP contribution is -2.27. The first-order valence-electron chi connectivity index (χ1n) is 6.34. The molecule has 0 aliphatic heterocycles. The van der Waals surface area contributed by atoms with Crippen LogP contribution in [-0.2, 0) is 6.54 Å². The first kappa shape index (κ1) is 14.4. The molecule has 104 valence electrons. The summed E-state index contributed by atoms with van der Waals surface area (Å²) < 4.78 is 0. The average Bonchev–Trinajstić information content (AvgIpc) is 2.42. The van der Waals surface area contributed by atoms with Crippen LogP contribution in [0.25, 0.3) is 0 Å². The molecule has 2 N–H and O–H groups in total. The number of rotatable bonds is 3. The molecule has 2 rings (SSSR count). The van der Waals surface area contributed by atoms with Crippen molar-refractivity contribution in [2.75, 3.05) is 12.8 Å². The number of benzene rings is 2. The fourth-order valence-corrected chi connectivity index (χ4v) is 2.24. The van der Waals surface area contributed by atoms with Crippen molar-refractivity contribution in [1.82, 2.24) is 4.90 Å². The molecule has 2 aromatic carbocycles. The Kier molecular flexibility index (Phi) is 4.30. The summed E-state index contributed by atoms with van der Waals surface area (Å²) in [6.45, 7) is 2.35. The van der Waals surface area contributed by atoms with E-state index in [9.17, 15) is 4.79 Å². The number of amides is 1. The van der Waals surface area contributed by atoms with Gasteiger partial charge in [-0.15, -0.1) is 0 Å². The number of hydrogen-bond donors (Lipinski definition) is 1. The van der Waals surface area contributed by atoms with Gasteiger partial charge in [0, 0.05) is 29.9 Å². The summed E-state index contributed by atoms with van der Waals surface area (Å²) in [5, 5.41) is 0.614. The molecule has 0 spiro atoms. The molecule has 0 aromatic heterocycles. The molecule has 0 heterocycles. The highest BCUT2D eigenvalue weighted by Crippen LogP contribution is 2.21. The maximum absolute atomic E-state index is 12.4. The van der Waals surface area contributed by atoms with Crippen LogP contribution in [0, 0.1) is 6.92 Å². The Balaban J connectivity index is 2.20. The standard InChI is InChI=1S/C16H17ClN2O/c1-11-5-3-4-6-14(11)16(20)19(2)10-12-9-13(18)7-8-15(12)17/h3-9H,10,18H2,1-2H3. The van der Waals surface area contributed by atoms with E-state index < -0.39 is 0 Å². The van der Waals surface area contributed by atoms with Gasteiger partial charge in [0.25, 0.3) is 5.91 Å². The average molecular weight is 289 g/mol. The third-order valence-corrected chi connectivity index (χ3v) is 3.57. The Bertz CT molecular complexity index is 640. The van der Waals surface area contributed by atoms with Crippen molar-refractivity contribution < 1.29 is 4.79 Å². The molecule has 4 heteroatoms. The summed E-state index contributed by atoms with van der Waals surface area (Å²) in [6, 6.07) is 12.8. The summed E-state index contributed by atoms with van der Waals surface area (Å²) in [5.74, 6) is -0.0263. The van der Waals surface area contributed by atoms with Crippen LogP contribution in [0.3, 0.4) is 0 Å². The minimum atomic E-state index is -0.0263. The highest BCUT2D eigenvalue weighted by Gasteiger charge is 2.15. The maximum Gasteiger partial charge on any atom is 0.254 e. The van der Waals surface area contributed by atoms with Gasteiger partial charge < -0.3 is 10.6 Å². The summed E-state index contributed by atoms with van der Waals surface area (Å²) in [4.78, 5) is 14.1. The number of carbonyl (C=O) groups excluding carboxylic acids is 1. The lowest BCUT2D eigenvalue weighted by molar-refractivity contribution is 0.0784. The van der Waals surface area contributed by atoms with E-state index in [-0.39, 0.29) is 5.91 Å². The van der Waals surface area contributed by atoms with Crippen molar-refractivity contribution in [2.45, 2.75) is 13.5 Å². The van der Waals surface area contributed by atoms with Crippen LogP contribution in [0.1, 0.15) is 21.5 Å². The highest BCUT2D eigenvalue weighted by atomic mass is 35.5. The Morgan fingerprint density at radius 3 is 2.65 bits per heavy atom. The topological polar surface area (TPSA) is 46.3 Å². The molecule has 0 radical (unpaired) electrons. The highest BCUT2D eigenvalue weighted by molar-refractivity contribution is 6.31. The van der Waals surface area contributed by atoms with E-state index in [2.05, 4.69) is 0 Å². The van der Waals surface area contributed by atoms with E-state index in [4.69, 9.17) is 17.3 Å². The van der Waals surface area contributed by atoms with E-state index in [1.54, 1.807) is 30.1 Å². The van der Waals surface area contributed by atoms with Crippen LogP contribution < -0.4 is 5.73 Å². The number of halogens is 1. The molecule has 0 atom stereocenters. The van der Waals surface area contributed by atoms with E-state index >= 15 is 0 Å². The van der Waals surface area contributed by atoms with Crippen LogP contribution in [0.2, 0.25) is 5.02 Å². The fraction of sp³-hybridized carbons (Fsp3) is 0.188. The number of anilines is 1. The second kappa shape index (κ2) is 5.97. The third kappa shape index (κ3) is 3.11. The second-order valence-corrected chi connectivity index (χ2v) is 5.23. The molecule has 3 nitrogen and oxygen atoms in total. The smallest absolute Gasteiger partial charge is 0.254 e. The van der Waals surface area contributed by atoms with Gasteiger partial charge in [-0.05, 0) is 42.3 Å². The van der Waals surface area contributed by atoms with Crippen molar-refractivity contribution in [2.24, 2.45) is 0 Å². The van der Waals surface area contributed by atoms with Gasteiger partial charge in [0.15, 0.2) is 0 Å². The molecule has 1 amide bonds.